The predicted octanol–water partition coefficient (Wildman–Crippen LogP) is 3.38. The number of carbonyl (C=O) groups is 1. The lowest BCUT2D eigenvalue weighted by Crippen LogP contribution is -2.16. The number of nitrogen functional groups attached to an aromatic ring is 1. The highest BCUT2D eigenvalue weighted by molar-refractivity contribution is 5.94. The molecule has 0 aromatic heterocycles. The first-order valence-electron chi connectivity index (χ1n) is 6.68. The Morgan fingerprint density at radius 2 is 1.90 bits per heavy atom. The van der Waals surface area contributed by atoms with E-state index in [-0.39, 0.29) is 5.91 Å². The summed E-state index contributed by atoms with van der Waals surface area (Å²) in [5, 5.41) is 2.97. The van der Waals surface area contributed by atoms with Gasteiger partial charge >= 0.3 is 0 Å². The molecular formula is C17H20N2O. The molecule has 104 valence electrons. The summed E-state index contributed by atoms with van der Waals surface area (Å²) in [6.07, 6.45) is 0.370. The minimum Gasteiger partial charge on any atom is -0.398 e. The largest absolute Gasteiger partial charge is 0.398 e. The monoisotopic (exact) mass is 268 g/mol. The summed E-state index contributed by atoms with van der Waals surface area (Å²) >= 11 is 0. The van der Waals surface area contributed by atoms with Gasteiger partial charge in [-0.3, -0.25) is 4.79 Å². The van der Waals surface area contributed by atoms with Gasteiger partial charge < -0.3 is 11.1 Å². The molecule has 0 spiro atoms. The molecule has 0 unspecified atom stereocenters. The molecule has 0 atom stereocenters. The van der Waals surface area contributed by atoms with Crippen LogP contribution in [-0.2, 0) is 11.2 Å². The van der Waals surface area contributed by atoms with E-state index in [0.29, 0.717) is 12.1 Å². The van der Waals surface area contributed by atoms with Gasteiger partial charge in [-0.1, -0.05) is 35.9 Å². The van der Waals surface area contributed by atoms with Gasteiger partial charge in [0, 0.05) is 11.4 Å². The fourth-order valence-corrected chi connectivity index (χ4v) is 2.25. The Hall–Kier alpha value is -2.29. The van der Waals surface area contributed by atoms with Crippen molar-refractivity contribution in [2.45, 2.75) is 27.2 Å². The zero-order valence-corrected chi connectivity index (χ0v) is 12.2. The van der Waals surface area contributed by atoms with Crippen molar-refractivity contribution in [2.24, 2.45) is 0 Å². The third-order valence-corrected chi connectivity index (χ3v) is 3.43. The number of nitrogens with one attached hydrogen (secondary N) is 1. The van der Waals surface area contributed by atoms with Crippen molar-refractivity contribution in [1.29, 1.82) is 0 Å². The Kier molecular flexibility index (Phi) is 4.08. The highest BCUT2D eigenvalue weighted by atomic mass is 16.1. The SMILES string of the molecule is Cc1cccc(CC(=O)Nc2c(C)ccc(N)c2C)c1. The quantitative estimate of drug-likeness (QED) is 0.838. The van der Waals surface area contributed by atoms with E-state index >= 15 is 0 Å². The standard InChI is InChI=1S/C17H20N2O/c1-11-5-4-6-14(9-11)10-16(20)19-17-12(2)7-8-15(18)13(17)3/h4-9H,10,18H2,1-3H3,(H,19,20). The molecule has 0 saturated heterocycles. The molecule has 1 amide bonds. The summed E-state index contributed by atoms with van der Waals surface area (Å²) in [7, 11) is 0. The number of amides is 1. The highest BCUT2D eigenvalue weighted by Crippen LogP contribution is 2.25. The molecule has 0 bridgehead atoms. The maximum absolute atomic E-state index is 12.2. The van der Waals surface area contributed by atoms with E-state index in [0.717, 1.165) is 27.9 Å². The number of rotatable bonds is 3. The zero-order valence-electron chi connectivity index (χ0n) is 12.2. The van der Waals surface area contributed by atoms with Crippen molar-refractivity contribution in [1.82, 2.24) is 0 Å². The van der Waals surface area contributed by atoms with Crippen molar-refractivity contribution in [3.63, 3.8) is 0 Å². The molecule has 0 aliphatic heterocycles. The van der Waals surface area contributed by atoms with E-state index in [4.69, 9.17) is 5.73 Å². The summed E-state index contributed by atoms with van der Waals surface area (Å²) in [5.41, 5.74) is 11.5. The lowest BCUT2D eigenvalue weighted by atomic mass is 10.1. The lowest BCUT2D eigenvalue weighted by molar-refractivity contribution is -0.115. The number of hydrogen-bond acceptors (Lipinski definition) is 2. The molecule has 2 aromatic carbocycles. The van der Waals surface area contributed by atoms with Gasteiger partial charge in [0.15, 0.2) is 0 Å². The summed E-state index contributed by atoms with van der Waals surface area (Å²) in [5.74, 6) is -0.0209. The molecule has 0 fully saturated rings. The van der Waals surface area contributed by atoms with E-state index in [1.807, 2.05) is 57.2 Å². The topological polar surface area (TPSA) is 55.1 Å². The van der Waals surface area contributed by atoms with Gasteiger partial charge in [0.2, 0.25) is 5.91 Å². The molecule has 0 aliphatic rings. The van der Waals surface area contributed by atoms with Crippen molar-refractivity contribution >= 4 is 17.3 Å². The van der Waals surface area contributed by atoms with E-state index in [9.17, 15) is 4.79 Å². The Balaban J connectivity index is 2.15. The molecule has 20 heavy (non-hydrogen) atoms. The minimum absolute atomic E-state index is 0.0209. The Labute approximate surface area is 119 Å². The van der Waals surface area contributed by atoms with Gasteiger partial charge in [-0.15, -0.1) is 0 Å². The van der Waals surface area contributed by atoms with Crippen LogP contribution in [0.2, 0.25) is 0 Å². The molecule has 2 rings (SSSR count). The van der Waals surface area contributed by atoms with E-state index < -0.39 is 0 Å². The fourth-order valence-electron chi connectivity index (χ4n) is 2.25. The number of anilines is 2. The summed E-state index contributed by atoms with van der Waals surface area (Å²) in [4.78, 5) is 12.2. The van der Waals surface area contributed by atoms with Crippen LogP contribution in [0.5, 0.6) is 0 Å². The molecule has 3 nitrogen and oxygen atoms in total. The fraction of sp³-hybridized carbons (Fsp3) is 0.235. The van der Waals surface area contributed by atoms with Crippen LogP contribution < -0.4 is 11.1 Å². The van der Waals surface area contributed by atoms with Gasteiger partial charge in [-0.2, -0.15) is 0 Å². The van der Waals surface area contributed by atoms with Crippen LogP contribution in [0.1, 0.15) is 22.3 Å². The molecule has 0 aliphatic carbocycles. The average Bonchev–Trinajstić information content (AvgIpc) is 2.39. The highest BCUT2D eigenvalue weighted by Gasteiger charge is 2.10. The number of aryl methyl sites for hydroxylation is 2. The van der Waals surface area contributed by atoms with Crippen molar-refractivity contribution in [3.05, 3.63) is 58.7 Å². The van der Waals surface area contributed by atoms with E-state index in [2.05, 4.69) is 5.32 Å². The first kappa shape index (κ1) is 14.1. The van der Waals surface area contributed by atoms with Crippen molar-refractivity contribution < 1.29 is 4.79 Å². The molecule has 3 N–H and O–H groups in total. The molecular weight excluding hydrogens is 248 g/mol. The predicted molar refractivity (Wildman–Crippen MR) is 83.8 cm³/mol. The smallest absolute Gasteiger partial charge is 0.228 e. The zero-order chi connectivity index (χ0) is 14.7. The molecule has 3 heteroatoms. The average molecular weight is 268 g/mol. The second-order valence-electron chi connectivity index (χ2n) is 5.19. The summed E-state index contributed by atoms with van der Waals surface area (Å²) in [6.45, 7) is 5.91. The number of nitrogens with two attached hydrogens (primary N) is 1. The molecule has 0 radical (unpaired) electrons. The van der Waals surface area contributed by atoms with Gasteiger partial charge in [0.05, 0.1) is 6.42 Å². The van der Waals surface area contributed by atoms with Gasteiger partial charge in [-0.05, 0) is 43.5 Å². The van der Waals surface area contributed by atoms with Gasteiger partial charge in [-0.25, -0.2) is 0 Å². The second-order valence-corrected chi connectivity index (χ2v) is 5.19. The Morgan fingerprint density at radius 3 is 2.60 bits per heavy atom. The normalized spacial score (nSPS) is 10.3. The Morgan fingerprint density at radius 1 is 1.15 bits per heavy atom. The maximum Gasteiger partial charge on any atom is 0.228 e. The van der Waals surface area contributed by atoms with Crippen LogP contribution in [0.15, 0.2) is 36.4 Å². The number of benzene rings is 2. The lowest BCUT2D eigenvalue weighted by Gasteiger charge is -2.13. The van der Waals surface area contributed by atoms with Crippen molar-refractivity contribution in [3.8, 4) is 0 Å². The van der Waals surface area contributed by atoms with Crippen molar-refractivity contribution in [2.75, 3.05) is 11.1 Å². The molecule has 2 aromatic rings. The first-order valence-corrected chi connectivity index (χ1v) is 6.68. The van der Waals surface area contributed by atoms with Gasteiger partial charge in [0.25, 0.3) is 0 Å². The maximum atomic E-state index is 12.2. The first-order chi connectivity index (χ1) is 9.47. The van der Waals surface area contributed by atoms with Crippen LogP contribution >= 0.6 is 0 Å². The van der Waals surface area contributed by atoms with Crippen LogP contribution in [0.25, 0.3) is 0 Å². The van der Waals surface area contributed by atoms with E-state index in [1.165, 1.54) is 0 Å². The van der Waals surface area contributed by atoms with Crippen LogP contribution in [0.3, 0.4) is 0 Å². The van der Waals surface area contributed by atoms with E-state index in [1.54, 1.807) is 0 Å². The van der Waals surface area contributed by atoms with Crippen LogP contribution in [-0.4, -0.2) is 5.91 Å². The van der Waals surface area contributed by atoms with Gasteiger partial charge in [0.1, 0.15) is 0 Å². The second kappa shape index (κ2) is 5.78. The molecule has 0 heterocycles. The third-order valence-electron chi connectivity index (χ3n) is 3.43. The third kappa shape index (κ3) is 3.18. The Bertz CT molecular complexity index is 647. The van der Waals surface area contributed by atoms with Crippen LogP contribution in [0, 0.1) is 20.8 Å². The number of carbonyl (C=O) groups excluding carboxylic acids is 1. The number of hydrogen-bond donors (Lipinski definition) is 2. The summed E-state index contributed by atoms with van der Waals surface area (Å²) in [6, 6.07) is 11.8. The molecule has 0 saturated carbocycles. The minimum atomic E-state index is -0.0209. The van der Waals surface area contributed by atoms with Crippen LogP contribution in [0.4, 0.5) is 11.4 Å². The summed E-state index contributed by atoms with van der Waals surface area (Å²) < 4.78 is 0.